The van der Waals surface area contributed by atoms with E-state index in [2.05, 4.69) is 158 Å². The van der Waals surface area contributed by atoms with Crippen molar-refractivity contribution in [2.24, 2.45) is 0 Å². The SMILES string of the molecule is CCCC(C)Oc1nc(N)c2c(n1)N(Cc1cccc(CN3CCCC3)c1)CC(=O)C2.Nc1nc(OC2CCCC2)nc2c1CC(=O)CN2Cc1cccc(CN2CCCC2)c1.Nc1nc(OCCN2CCCC2=O)nc2c1CC(=O)CN2Cc1cccc(CN2CCCC2)c1.Nc1nc(OCCOc2ccccc2)nc2c1CC(=O)CN2Cc1cccc(CN2CCCC2)c1. The van der Waals surface area contributed by atoms with Gasteiger partial charge in [0.1, 0.15) is 78.2 Å². The number of nitrogens with zero attached hydrogens (tertiary/aromatic N) is 17. The lowest BCUT2D eigenvalue weighted by atomic mass is 10.0. The Balaban J connectivity index is 0.000000128. The zero-order valence-corrected chi connectivity index (χ0v) is 76.1. The smallest absolute Gasteiger partial charge is 0.320 e. The summed E-state index contributed by atoms with van der Waals surface area (Å²) in [4.78, 5) is 117. The number of benzene rings is 5. The predicted molar refractivity (Wildman–Crippen MR) is 505 cm³/mol. The van der Waals surface area contributed by atoms with Crippen molar-refractivity contribution in [1.29, 1.82) is 0 Å². The van der Waals surface area contributed by atoms with Gasteiger partial charge in [-0.05, 0) is 206 Å². The maximum absolute atomic E-state index is 12.5. The van der Waals surface area contributed by atoms with Crippen LogP contribution in [0.5, 0.6) is 29.8 Å². The van der Waals surface area contributed by atoms with Gasteiger partial charge in [0.15, 0.2) is 23.1 Å². The van der Waals surface area contributed by atoms with Gasteiger partial charge in [-0.2, -0.15) is 39.9 Å². The summed E-state index contributed by atoms with van der Waals surface area (Å²) in [6.07, 6.45) is 19.3. The maximum atomic E-state index is 12.5. The summed E-state index contributed by atoms with van der Waals surface area (Å²) < 4.78 is 29.1. The summed E-state index contributed by atoms with van der Waals surface area (Å²) in [5, 5.41) is 0. The molecule has 5 aromatic carbocycles. The molecule has 4 aromatic heterocycles. The average Bonchev–Trinajstić information content (AvgIpc) is 1.69. The molecule has 131 heavy (non-hydrogen) atoms. The van der Waals surface area contributed by atoms with Crippen molar-refractivity contribution >= 4 is 75.6 Å². The number of ketones is 4. The number of anilines is 8. The van der Waals surface area contributed by atoms with Crippen molar-refractivity contribution in [3.8, 4) is 29.8 Å². The van der Waals surface area contributed by atoms with E-state index in [9.17, 15) is 24.0 Å². The summed E-state index contributed by atoms with van der Waals surface area (Å²) >= 11 is 0. The van der Waals surface area contributed by atoms with E-state index >= 15 is 0 Å². The van der Waals surface area contributed by atoms with Crippen LogP contribution in [-0.2, 0) is 102 Å². The molecular weight excluding hydrogens is 1660 g/mol. The minimum absolute atomic E-state index is 0.0170. The molecule has 0 radical (unpaired) electrons. The van der Waals surface area contributed by atoms with Crippen LogP contribution in [0.1, 0.15) is 183 Å². The number of hydrogen-bond donors (Lipinski definition) is 4. The van der Waals surface area contributed by atoms with Gasteiger partial charge in [0.05, 0.1) is 38.8 Å². The molecule has 31 heteroatoms. The Bertz CT molecular complexity index is 5430. The molecule has 8 N–H and O–H groups in total. The molecule has 19 rings (SSSR count). The van der Waals surface area contributed by atoms with Crippen LogP contribution in [-0.4, -0.2) is 217 Å². The molecule has 0 bridgehead atoms. The van der Waals surface area contributed by atoms with Crippen LogP contribution in [0.15, 0.2) is 127 Å². The van der Waals surface area contributed by atoms with E-state index in [-0.39, 0.29) is 110 Å². The molecule has 1 aliphatic carbocycles. The average molecular weight is 1780 g/mol. The second kappa shape index (κ2) is 44.6. The first kappa shape index (κ1) is 92.1. The quantitative estimate of drug-likeness (QED) is 0.0293. The Morgan fingerprint density at radius 2 is 0.679 bits per heavy atom. The Kier molecular flexibility index (Phi) is 31.4. The summed E-state index contributed by atoms with van der Waals surface area (Å²) in [7, 11) is 0. The van der Waals surface area contributed by atoms with Gasteiger partial charge >= 0.3 is 24.0 Å². The van der Waals surface area contributed by atoms with Crippen LogP contribution >= 0.6 is 0 Å². The van der Waals surface area contributed by atoms with E-state index in [0.29, 0.717) is 117 Å². The normalized spacial score (nSPS) is 17.9. The molecule has 6 fully saturated rings. The number of nitrogens with two attached hydrogens (primary N) is 4. The zero-order valence-electron chi connectivity index (χ0n) is 76.1. The van der Waals surface area contributed by atoms with Crippen molar-refractivity contribution < 1.29 is 47.7 Å². The monoisotopic (exact) mass is 1780 g/mol. The molecule has 10 aliphatic rings. The van der Waals surface area contributed by atoms with Gasteiger partial charge < -0.3 is 71.1 Å². The summed E-state index contributed by atoms with van der Waals surface area (Å²) in [6.45, 7) is 23.1. The second-order valence-electron chi connectivity index (χ2n) is 36.4. The van der Waals surface area contributed by atoms with Gasteiger partial charge in [-0.3, -0.25) is 43.6 Å². The number of amides is 1. The number of para-hydroxylation sites is 1. The largest absolute Gasteiger partial charge is 0.490 e. The minimum Gasteiger partial charge on any atom is -0.490 e. The van der Waals surface area contributed by atoms with Crippen LogP contribution in [0.3, 0.4) is 0 Å². The van der Waals surface area contributed by atoms with E-state index < -0.39 is 0 Å². The zero-order chi connectivity index (χ0) is 90.5. The fraction of sp³-hybridized carbons (Fsp3) is 0.490. The van der Waals surface area contributed by atoms with Crippen LogP contribution < -0.4 is 66.2 Å². The van der Waals surface area contributed by atoms with Crippen molar-refractivity contribution in [1.82, 2.24) is 64.4 Å². The minimum atomic E-state index is 0.0170. The fourth-order valence-electron chi connectivity index (χ4n) is 19.3. The first-order valence-corrected chi connectivity index (χ1v) is 47.3. The highest BCUT2D eigenvalue weighted by atomic mass is 16.5. The standard InChI is InChI=1S/C27H31N5O3.C25H32N6O3.C24H31N5O2.C24H33N5O2/c28-25-24-16-22(33)19-32(18-21-8-6-7-20(15-21)17-31-11-4-5-12-31)26(24)30-27(29-25)35-14-13-34-23-9-2-1-3-10-23;26-23-21-14-20(32)17-31(16-19-6-3-5-18(13-19)15-29-8-1-2-9-29)24(21)28-25(27-23)34-12-11-30-10-4-7-22(30)33;25-22-21-13-19(30)16-29(23(21)27-24(26-22)31-20-8-1-2-9-20)15-18-7-5-6-17(12-18)14-28-10-3-4-11-28;1-3-7-17(2)31-24-26-22(25)21-13-20(30)16-29(23(21)27-24)15-19-9-6-8-18(12-19)14-28-10-4-5-11-28/h1-3,6-10,15H,4-5,11-14,16-19H2,(H2,28,29,30);3,5-6,13H,1-2,4,7-12,14-17H2,(H2,26,27,28);5-7,12,20H,1-4,8-11,13-16H2,(H2,25,26,27);6,8-9,12,17H,3-5,7,10-11,13-16H2,1-2H3,(H2,25,26,27). The summed E-state index contributed by atoms with van der Waals surface area (Å²) in [5.74, 6) is 5.44. The summed E-state index contributed by atoms with van der Waals surface area (Å²) in [6, 6.07) is 45.0. The van der Waals surface area contributed by atoms with Gasteiger partial charge in [-0.1, -0.05) is 129 Å². The molecular formula is C100H127N21O10. The molecule has 1 unspecified atom stereocenters. The Labute approximate surface area is 768 Å². The van der Waals surface area contributed by atoms with E-state index in [0.717, 1.165) is 131 Å². The molecule has 9 aromatic rings. The lowest BCUT2D eigenvalue weighted by Crippen LogP contribution is -2.37. The Morgan fingerprint density at radius 3 is 1.04 bits per heavy atom. The molecule has 31 nitrogen and oxygen atoms in total. The van der Waals surface area contributed by atoms with Crippen molar-refractivity contribution in [3.63, 3.8) is 0 Å². The van der Waals surface area contributed by atoms with Crippen molar-refractivity contribution in [3.05, 3.63) is 194 Å². The van der Waals surface area contributed by atoms with Gasteiger partial charge in [0, 0.05) is 113 Å². The number of nitrogen functional groups attached to an aromatic ring is 4. The molecule has 0 spiro atoms. The number of aromatic nitrogens is 8. The maximum Gasteiger partial charge on any atom is 0.320 e. The molecule has 5 saturated heterocycles. The van der Waals surface area contributed by atoms with Crippen LogP contribution in [0.2, 0.25) is 0 Å². The number of carbonyl (C=O) groups excluding carboxylic acids is 5. The Morgan fingerprint density at radius 1 is 0.351 bits per heavy atom. The first-order chi connectivity index (χ1) is 63.8. The van der Waals surface area contributed by atoms with Crippen LogP contribution in [0.25, 0.3) is 0 Å². The number of ether oxygens (including phenoxy) is 5. The number of rotatable bonds is 31. The van der Waals surface area contributed by atoms with Gasteiger partial charge in [-0.15, -0.1) is 0 Å². The topological polar surface area (TPSA) is 368 Å². The second-order valence-corrected chi connectivity index (χ2v) is 36.4. The van der Waals surface area contributed by atoms with Gasteiger partial charge in [0.2, 0.25) is 5.91 Å². The Hall–Kier alpha value is -12.2. The van der Waals surface area contributed by atoms with E-state index in [1.807, 2.05) is 56.9 Å². The highest BCUT2D eigenvalue weighted by Crippen LogP contribution is 2.38. The molecule has 9 aliphatic heterocycles. The molecule has 13 heterocycles. The van der Waals surface area contributed by atoms with Gasteiger partial charge in [0.25, 0.3) is 0 Å². The fourth-order valence-corrected chi connectivity index (χ4v) is 19.3. The molecule has 1 saturated carbocycles. The van der Waals surface area contributed by atoms with Crippen LogP contribution in [0, 0.1) is 0 Å². The van der Waals surface area contributed by atoms with Crippen molar-refractivity contribution in [2.75, 3.05) is 154 Å². The van der Waals surface area contributed by atoms with Gasteiger partial charge in [-0.25, -0.2) is 0 Å². The van der Waals surface area contributed by atoms with Crippen LogP contribution in [0.4, 0.5) is 46.5 Å². The number of carbonyl (C=O) groups is 5. The number of Topliss-reactive ketones (excluding diaryl/α,β-unsaturated/α-hetero) is 4. The highest BCUT2D eigenvalue weighted by molar-refractivity contribution is 5.93. The number of fused-ring (bicyclic) bond motifs is 4. The van der Waals surface area contributed by atoms with Crippen molar-refractivity contribution in [2.45, 2.75) is 207 Å². The summed E-state index contributed by atoms with van der Waals surface area (Å²) in [5.41, 5.74) is 37.4. The third-order valence-corrected chi connectivity index (χ3v) is 25.7. The predicted octanol–water partition coefficient (Wildman–Crippen LogP) is 11.5. The first-order valence-electron chi connectivity index (χ1n) is 47.3. The molecule has 1 amide bonds. The third kappa shape index (κ3) is 25.5. The third-order valence-electron chi connectivity index (χ3n) is 25.7. The highest BCUT2D eigenvalue weighted by Gasteiger charge is 2.35. The van der Waals surface area contributed by atoms with E-state index in [1.165, 1.54) is 118 Å². The number of hydrogen-bond acceptors (Lipinski definition) is 30. The number of likely N-dealkylation sites (tertiary alicyclic amines) is 5. The van der Waals surface area contributed by atoms with E-state index in [4.69, 9.17) is 51.6 Å². The van der Waals surface area contributed by atoms with E-state index in [1.54, 1.807) is 4.90 Å². The molecule has 1 atom stereocenters. The lowest BCUT2D eigenvalue weighted by Gasteiger charge is -2.30. The molecule has 692 valence electrons. The lowest BCUT2D eigenvalue weighted by molar-refractivity contribution is -0.128.